The molecule has 1 aromatic rings. The number of carbonyl (C=O) groups is 2. The van der Waals surface area contributed by atoms with Gasteiger partial charge in [-0.3, -0.25) is 30.9 Å². The summed E-state index contributed by atoms with van der Waals surface area (Å²) in [6.45, 7) is 0. The highest BCUT2D eigenvalue weighted by molar-refractivity contribution is 5.96. The van der Waals surface area contributed by atoms with Crippen LogP contribution in [0.4, 0.5) is 0 Å². The molecule has 19 heavy (non-hydrogen) atoms. The minimum Gasteiger partial charge on any atom is -0.294 e. The number of carbonyl (C=O) groups excluding carboxylic acids is 2. The van der Waals surface area contributed by atoms with Crippen molar-refractivity contribution < 1.29 is 9.59 Å². The van der Waals surface area contributed by atoms with Crippen molar-refractivity contribution >= 4 is 17.6 Å². The lowest BCUT2D eigenvalue weighted by molar-refractivity contribution is -0.128. The summed E-state index contributed by atoms with van der Waals surface area (Å²) < 4.78 is 0. The highest BCUT2D eigenvalue weighted by atomic mass is 16.2. The molecule has 1 aliphatic rings. The molecule has 2 rings (SSSR count). The van der Waals surface area contributed by atoms with Crippen LogP contribution in [0.5, 0.6) is 0 Å². The molecule has 0 spiro atoms. The fourth-order valence-corrected chi connectivity index (χ4v) is 1.75. The van der Waals surface area contributed by atoms with Gasteiger partial charge in [-0.1, -0.05) is 30.3 Å². The van der Waals surface area contributed by atoms with Crippen molar-refractivity contribution in [2.75, 3.05) is 0 Å². The number of nitrogens with zero attached hydrogens (tertiary/aromatic N) is 1. The number of amides is 2. The largest absolute Gasteiger partial charge is 0.294 e. The zero-order chi connectivity index (χ0) is 13.7. The van der Waals surface area contributed by atoms with Crippen LogP contribution in [0.15, 0.2) is 35.3 Å². The molecular weight excluding hydrogens is 246 g/mol. The molecule has 1 unspecified atom stereocenters. The van der Waals surface area contributed by atoms with E-state index in [0.29, 0.717) is 12.3 Å². The Morgan fingerprint density at radius 2 is 2.05 bits per heavy atom. The van der Waals surface area contributed by atoms with E-state index >= 15 is 0 Å². The summed E-state index contributed by atoms with van der Waals surface area (Å²) in [6, 6.07) is 8.96. The molecule has 0 radical (unpaired) electrons. The van der Waals surface area contributed by atoms with Gasteiger partial charge in [0.25, 0.3) is 5.91 Å². The summed E-state index contributed by atoms with van der Waals surface area (Å²) in [7, 11) is 0. The summed E-state index contributed by atoms with van der Waals surface area (Å²) in [4.78, 5) is 27.0. The van der Waals surface area contributed by atoms with Crippen LogP contribution in [0.3, 0.4) is 0 Å². The molecule has 0 fully saturated rings. The Balaban J connectivity index is 2.06. The average Bonchev–Trinajstić information content (AvgIpc) is 2.43. The third-order valence-corrected chi connectivity index (χ3v) is 2.70. The molecule has 1 aromatic carbocycles. The van der Waals surface area contributed by atoms with Gasteiger partial charge in [-0.2, -0.15) is 0 Å². The first kappa shape index (κ1) is 13.0. The van der Waals surface area contributed by atoms with Gasteiger partial charge >= 0.3 is 0 Å². The first-order chi connectivity index (χ1) is 9.19. The summed E-state index contributed by atoms with van der Waals surface area (Å²) in [6.07, 6.45) is 0.490. The van der Waals surface area contributed by atoms with Crippen molar-refractivity contribution in [3.8, 4) is 0 Å². The van der Waals surface area contributed by atoms with Gasteiger partial charge in [0.1, 0.15) is 11.9 Å². The van der Waals surface area contributed by atoms with E-state index in [-0.39, 0.29) is 12.3 Å². The number of hydrazine groups is 2. The maximum absolute atomic E-state index is 11.5. The van der Waals surface area contributed by atoms with Crippen LogP contribution in [-0.2, 0) is 16.0 Å². The maximum Gasteiger partial charge on any atom is 0.263 e. The second-order valence-corrected chi connectivity index (χ2v) is 4.14. The van der Waals surface area contributed by atoms with Crippen LogP contribution in [0, 0.1) is 0 Å². The molecule has 2 amide bonds. The van der Waals surface area contributed by atoms with Crippen LogP contribution >= 0.6 is 0 Å². The van der Waals surface area contributed by atoms with Gasteiger partial charge in [0.15, 0.2) is 0 Å². The first-order valence-electron chi connectivity index (χ1n) is 5.85. The van der Waals surface area contributed by atoms with Crippen molar-refractivity contribution in [2.45, 2.75) is 18.9 Å². The van der Waals surface area contributed by atoms with E-state index in [1.165, 1.54) is 0 Å². The Kier molecular flexibility index (Phi) is 4.09. The molecule has 7 nitrogen and oxygen atoms in total. The van der Waals surface area contributed by atoms with Crippen LogP contribution < -0.4 is 22.1 Å². The van der Waals surface area contributed by atoms with Crippen molar-refractivity contribution in [1.82, 2.24) is 16.3 Å². The van der Waals surface area contributed by atoms with E-state index in [9.17, 15) is 9.59 Å². The third-order valence-electron chi connectivity index (χ3n) is 2.70. The Hall–Kier alpha value is -2.41. The zero-order valence-corrected chi connectivity index (χ0v) is 10.2. The van der Waals surface area contributed by atoms with E-state index in [1.54, 1.807) is 0 Å². The highest BCUT2D eigenvalue weighted by Gasteiger charge is 2.25. The van der Waals surface area contributed by atoms with Crippen LogP contribution in [-0.4, -0.2) is 23.7 Å². The molecule has 0 aromatic heterocycles. The van der Waals surface area contributed by atoms with Crippen molar-refractivity contribution in [2.24, 2.45) is 10.8 Å². The second kappa shape index (κ2) is 5.96. The maximum atomic E-state index is 11.5. The van der Waals surface area contributed by atoms with E-state index in [2.05, 4.69) is 15.8 Å². The highest BCUT2D eigenvalue weighted by Crippen LogP contribution is 2.06. The predicted molar refractivity (Wildman–Crippen MR) is 69.6 cm³/mol. The first-order valence-corrected chi connectivity index (χ1v) is 5.85. The van der Waals surface area contributed by atoms with Crippen LogP contribution in [0.2, 0.25) is 0 Å². The predicted octanol–water partition coefficient (Wildman–Crippen LogP) is -0.989. The normalized spacial score (nSPS) is 18.1. The van der Waals surface area contributed by atoms with Crippen molar-refractivity contribution in [3.63, 3.8) is 0 Å². The summed E-state index contributed by atoms with van der Waals surface area (Å²) in [5, 5.41) is 0. The minimum absolute atomic E-state index is 0.0672. The lowest BCUT2D eigenvalue weighted by Gasteiger charge is -2.21. The van der Waals surface area contributed by atoms with Gasteiger partial charge in [0, 0.05) is 6.42 Å². The number of nitrogens with one attached hydrogen (secondary N) is 3. The molecule has 0 saturated heterocycles. The van der Waals surface area contributed by atoms with Gasteiger partial charge in [0.05, 0.1) is 6.42 Å². The standard InChI is InChI=1S/C12H15N5O2/c13-15-11(18)7-9-12(19)17-16-10(14-9)6-8-4-2-1-3-5-8/h1-5,9H,6-7,13H2,(H,14,16)(H,15,18)(H,17,19). The quantitative estimate of drug-likeness (QED) is 0.317. The van der Waals surface area contributed by atoms with Crippen molar-refractivity contribution in [3.05, 3.63) is 35.9 Å². The molecule has 1 atom stereocenters. The van der Waals surface area contributed by atoms with Crippen LogP contribution in [0.1, 0.15) is 12.0 Å². The van der Waals surface area contributed by atoms with E-state index in [0.717, 1.165) is 5.56 Å². The molecular formula is C12H15N5O2. The summed E-state index contributed by atoms with van der Waals surface area (Å²) in [5.74, 6) is 4.84. The Bertz CT molecular complexity index is 500. The van der Waals surface area contributed by atoms with Gasteiger partial charge in [-0.05, 0) is 5.56 Å². The Labute approximate surface area is 110 Å². The number of amidine groups is 1. The van der Waals surface area contributed by atoms with Crippen molar-refractivity contribution in [1.29, 1.82) is 0 Å². The molecule has 7 heteroatoms. The lowest BCUT2D eigenvalue weighted by atomic mass is 10.1. The third kappa shape index (κ3) is 3.52. The van der Waals surface area contributed by atoms with Gasteiger partial charge in [-0.15, -0.1) is 0 Å². The smallest absolute Gasteiger partial charge is 0.263 e. The van der Waals surface area contributed by atoms with Gasteiger partial charge in [-0.25, -0.2) is 5.84 Å². The topological polar surface area (TPSA) is 109 Å². The average molecular weight is 261 g/mol. The monoisotopic (exact) mass is 261 g/mol. The number of hydrogen-bond donors (Lipinski definition) is 4. The van der Waals surface area contributed by atoms with Crippen LogP contribution in [0.25, 0.3) is 0 Å². The molecule has 0 bridgehead atoms. The van der Waals surface area contributed by atoms with E-state index in [4.69, 9.17) is 5.84 Å². The molecule has 0 saturated carbocycles. The lowest BCUT2D eigenvalue weighted by Crippen LogP contribution is -2.52. The molecule has 1 heterocycles. The number of aliphatic imine (C=N–C) groups is 1. The van der Waals surface area contributed by atoms with E-state index < -0.39 is 11.9 Å². The zero-order valence-electron chi connectivity index (χ0n) is 10.2. The second-order valence-electron chi connectivity index (χ2n) is 4.14. The molecule has 5 N–H and O–H groups in total. The number of nitrogens with two attached hydrogens (primary N) is 1. The minimum atomic E-state index is -0.747. The van der Waals surface area contributed by atoms with Gasteiger partial charge < -0.3 is 0 Å². The summed E-state index contributed by atoms with van der Waals surface area (Å²) >= 11 is 0. The van der Waals surface area contributed by atoms with Gasteiger partial charge in [0.2, 0.25) is 5.91 Å². The Morgan fingerprint density at radius 3 is 2.74 bits per heavy atom. The SMILES string of the molecule is NNC(=O)CC1N=C(Cc2ccccc2)NNC1=O. The van der Waals surface area contributed by atoms with E-state index in [1.807, 2.05) is 35.8 Å². The Morgan fingerprint density at radius 1 is 1.32 bits per heavy atom. The number of rotatable bonds is 4. The molecule has 1 aliphatic heterocycles. The summed E-state index contributed by atoms with van der Waals surface area (Å²) in [5.41, 5.74) is 8.27. The number of hydrogen-bond acceptors (Lipinski definition) is 5. The molecule has 0 aliphatic carbocycles. The number of benzene rings is 1. The fraction of sp³-hybridized carbons (Fsp3) is 0.250. The fourth-order valence-electron chi connectivity index (χ4n) is 1.75. The molecule has 100 valence electrons.